The number of piperidine rings is 1. The minimum absolute atomic E-state index is 0.125. The first-order chi connectivity index (χ1) is 9.31. The van der Waals surface area contributed by atoms with Crippen LogP contribution in [-0.4, -0.2) is 24.3 Å². The van der Waals surface area contributed by atoms with Crippen molar-refractivity contribution < 1.29 is 5.11 Å². The molecule has 0 bridgehead atoms. The van der Waals surface area contributed by atoms with Crippen molar-refractivity contribution in [2.75, 3.05) is 13.1 Å². The van der Waals surface area contributed by atoms with Crippen LogP contribution in [-0.2, 0) is 5.41 Å². The lowest BCUT2D eigenvalue weighted by molar-refractivity contribution is 0.111. The van der Waals surface area contributed by atoms with Gasteiger partial charge in [0.25, 0.3) is 0 Å². The zero-order valence-corrected chi connectivity index (χ0v) is 10.9. The lowest BCUT2D eigenvalue weighted by atomic mass is 9.69. The van der Waals surface area contributed by atoms with Crippen LogP contribution in [0.3, 0.4) is 0 Å². The molecule has 1 saturated heterocycles. The van der Waals surface area contributed by atoms with E-state index in [1.54, 1.807) is 0 Å². The molecule has 0 unspecified atom stereocenters. The van der Waals surface area contributed by atoms with Crippen LogP contribution < -0.4 is 5.32 Å². The van der Waals surface area contributed by atoms with Gasteiger partial charge in [-0.1, -0.05) is 60.7 Å². The summed E-state index contributed by atoms with van der Waals surface area (Å²) in [6.45, 7) is 1.56. The molecule has 1 aliphatic rings. The molecule has 2 heteroatoms. The highest BCUT2D eigenvalue weighted by Gasteiger charge is 2.38. The molecule has 0 radical (unpaired) electrons. The summed E-state index contributed by atoms with van der Waals surface area (Å²) in [5.41, 5.74) is 2.42. The minimum atomic E-state index is -0.297. The van der Waals surface area contributed by atoms with Gasteiger partial charge in [-0.05, 0) is 17.5 Å². The van der Waals surface area contributed by atoms with Gasteiger partial charge in [0.15, 0.2) is 0 Å². The second-order valence-electron chi connectivity index (χ2n) is 5.30. The van der Waals surface area contributed by atoms with E-state index < -0.39 is 0 Å². The largest absolute Gasteiger partial charge is 0.392 e. The highest BCUT2D eigenvalue weighted by molar-refractivity contribution is 5.40. The van der Waals surface area contributed by atoms with Crippen LogP contribution in [0.1, 0.15) is 17.5 Å². The number of benzene rings is 2. The number of rotatable bonds is 2. The molecular formula is C17H19NO. The van der Waals surface area contributed by atoms with Crippen molar-refractivity contribution in [3.05, 3.63) is 71.8 Å². The van der Waals surface area contributed by atoms with Crippen LogP contribution in [0, 0.1) is 0 Å². The second kappa shape index (κ2) is 5.16. The molecule has 1 heterocycles. The van der Waals surface area contributed by atoms with Crippen LogP contribution in [0.2, 0.25) is 0 Å². The Bertz CT molecular complexity index is 484. The number of β-amino-alcohol motifs (C(OH)–C–C–N with tert-alkyl or cyclic N) is 1. The van der Waals surface area contributed by atoms with E-state index in [2.05, 4.69) is 53.8 Å². The summed E-state index contributed by atoms with van der Waals surface area (Å²) in [7, 11) is 0. The van der Waals surface area contributed by atoms with Gasteiger partial charge >= 0.3 is 0 Å². The van der Waals surface area contributed by atoms with Crippen molar-refractivity contribution in [2.24, 2.45) is 0 Å². The molecule has 2 nitrogen and oxygen atoms in total. The summed E-state index contributed by atoms with van der Waals surface area (Å²) in [5.74, 6) is 0. The fourth-order valence-corrected chi connectivity index (χ4v) is 3.12. The van der Waals surface area contributed by atoms with Gasteiger partial charge in [0.2, 0.25) is 0 Å². The highest BCUT2D eigenvalue weighted by Crippen LogP contribution is 2.37. The third-order valence-corrected chi connectivity index (χ3v) is 4.04. The van der Waals surface area contributed by atoms with Crippen molar-refractivity contribution in [3.63, 3.8) is 0 Å². The van der Waals surface area contributed by atoms with Crippen molar-refractivity contribution in [2.45, 2.75) is 17.9 Å². The summed E-state index contributed by atoms with van der Waals surface area (Å²) in [6, 6.07) is 21.0. The molecule has 0 amide bonds. The quantitative estimate of drug-likeness (QED) is 0.861. The first kappa shape index (κ1) is 12.4. The predicted octanol–water partition coefficient (Wildman–Crippen LogP) is 2.33. The lowest BCUT2D eigenvalue weighted by Gasteiger charge is -2.41. The van der Waals surface area contributed by atoms with E-state index in [9.17, 15) is 5.11 Å². The van der Waals surface area contributed by atoms with Crippen molar-refractivity contribution in [3.8, 4) is 0 Å². The van der Waals surface area contributed by atoms with Crippen LogP contribution in [0.4, 0.5) is 0 Å². The zero-order valence-electron chi connectivity index (χ0n) is 10.9. The Kier molecular flexibility index (Phi) is 3.36. The minimum Gasteiger partial charge on any atom is -0.392 e. The first-order valence-corrected chi connectivity index (χ1v) is 6.81. The molecule has 0 aromatic heterocycles. The van der Waals surface area contributed by atoms with Crippen LogP contribution >= 0.6 is 0 Å². The third kappa shape index (κ3) is 2.29. The fourth-order valence-electron chi connectivity index (χ4n) is 3.12. The number of nitrogens with one attached hydrogen (secondary N) is 1. The van der Waals surface area contributed by atoms with Crippen molar-refractivity contribution >= 4 is 0 Å². The van der Waals surface area contributed by atoms with Gasteiger partial charge in [-0.3, -0.25) is 0 Å². The SMILES string of the molecule is O[C@H]1CNCC(c2ccccc2)(c2ccccc2)C1. The van der Waals surface area contributed by atoms with E-state index in [0.29, 0.717) is 6.54 Å². The average Bonchev–Trinajstić information content (AvgIpc) is 2.49. The first-order valence-electron chi connectivity index (χ1n) is 6.81. The molecule has 3 rings (SSSR count). The van der Waals surface area contributed by atoms with Crippen LogP contribution in [0.15, 0.2) is 60.7 Å². The maximum atomic E-state index is 10.1. The lowest BCUT2D eigenvalue weighted by Crippen LogP contribution is -2.50. The van der Waals surface area contributed by atoms with E-state index in [0.717, 1.165) is 13.0 Å². The Morgan fingerprint density at radius 3 is 1.89 bits per heavy atom. The normalized spacial score (nSPS) is 22.1. The van der Waals surface area contributed by atoms with Gasteiger partial charge in [0.05, 0.1) is 6.10 Å². The molecule has 0 aliphatic carbocycles. The Balaban J connectivity index is 2.11. The molecule has 0 spiro atoms. The second-order valence-corrected chi connectivity index (χ2v) is 5.30. The van der Waals surface area contributed by atoms with Crippen LogP contribution in [0.25, 0.3) is 0 Å². The van der Waals surface area contributed by atoms with Gasteiger partial charge in [-0.25, -0.2) is 0 Å². The Morgan fingerprint density at radius 1 is 0.895 bits per heavy atom. The van der Waals surface area contributed by atoms with Gasteiger partial charge in [0, 0.05) is 18.5 Å². The van der Waals surface area contributed by atoms with Crippen molar-refractivity contribution in [1.29, 1.82) is 0 Å². The molecule has 1 atom stereocenters. The number of hydrogen-bond acceptors (Lipinski definition) is 2. The van der Waals surface area contributed by atoms with Gasteiger partial charge in [0.1, 0.15) is 0 Å². The summed E-state index contributed by atoms with van der Waals surface area (Å²) >= 11 is 0. The summed E-state index contributed by atoms with van der Waals surface area (Å²) in [6.07, 6.45) is 0.475. The molecule has 0 saturated carbocycles. The Morgan fingerprint density at radius 2 is 1.42 bits per heavy atom. The molecule has 2 aromatic rings. The van der Waals surface area contributed by atoms with Gasteiger partial charge < -0.3 is 10.4 Å². The maximum Gasteiger partial charge on any atom is 0.0676 e. The van der Waals surface area contributed by atoms with Gasteiger partial charge in [-0.15, -0.1) is 0 Å². The monoisotopic (exact) mass is 253 g/mol. The predicted molar refractivity (Wildman–Crippen MR) is 77.2 cm³/mol. The smallest absolute Gasteiger partial charge is 0.0676 e. The van der Waals surface area contributed by atoms with E-state index in [4.69, 9.17) is 0 Å². The Labute approximate surface area is 114 Å². The molecule has 98 valence electrons. The average molecular weight is 253 g/mol. The van der Waals surface area contributed by atoms with Crippen molar-refractivity contribution in [1.82, 2.24) is 5.32 Å². The van der Waals surface area contributed by atoms with E-state index in [1.807, 2.05) is 12.1 Å². The number of hydrogen-bond donors (Lipinski definition) is 2. The zero-order chi connectivity index (χ0) is 13.1. The van der Waals surface area contributed by atoms with Gasteiger partial charge in [-0.2, -0.15) is 0 Å². The Hall–Kier alpha value is -1.64. The summed E-state index contributed by atoms with van der Waals surface area (Å²) in [5, 5.41) is 13.5. The number of aliphatic hydroxyl groups excluding tert-OH is 1. The summed E-state index contributed by atoms with van der Waals surface area (Å²) in [4.78, 5) is 0. The molecule has 1 aliphatic heterocycles. The van der Waals surface area contributed by atoms with E-state index in [1.165, 1.54) is 11.1 Å². The highest BCUT2D eigenvalue weighted by atomic mass is 16.3. The molecule has 1 fully saturated rings. The van der Waals surface area contributed by atoms with E-state index in [-0.39, 0.29) is 11.5 Å². The molecule has 2 N–H and O–H groups in total. The van der Waals surface area contributed by atoms with Crippen LogP contribution in [0.5, 0.6) is 0 Å². The summed E-state index contributed by atoms with van der Waals surface area (Å²) < 4.78 is 0. The standard InChI is InChI=1S/C17H19NO/c19-16-11-17(13-18-12-16,14-7-3-1-4-8-14)15-9-5-2-6-10-15/h1-10,16,18-19H,11-13H2/t16-/m1/s1. The maximum absolute atomic E-state index is 10.1. The number of aliphatic hydroxyl groups is 1. The van der Waals surface area contributed by atoms with E-state index >= 15 is 0 Å². The molecule has 19 heavy (non-hydrogen) atoms. The topological polar surface area (TPSA) is 32.3 Å². The molecular weight excluding hydrogens is 234 g/mol. The fraction of sp³-hybridized carbons (Fsp3) is 0.294. The molecule has 2 aromatic carbocycles. The third-order valence-electron chi connectivity index (χ3n) is 4.04.